The molecule has 1 aliphatic heterocycles. The van der Waals surface area contributed by atoms with Gasteiger partial charge in [-0.1, -0.05) is 20.8 Å². The number of hydrogen-bond acceptors (Lipinski definition) is 3. The Balaban J connectivity index is 2.64. The normalized spacial score (nSPS) is 24.0. The molecular formula is C13H25N3O2. The summed E-state index contributed by atoms with van der Waals surface area (Å²) in [5.74, 6) is 0.436. The zero-order valence-corrected chi connectivity index (χ0v) is 11.6. The molecule has 5 nitrogen and oxygen atoms in total. The first-order valence-electron chi connectivity index (χ1n) is 6.70. The van der Waals surface area contributed by atoms with Gasteiger partial charge >= 0.3 is 0 Å². The molecule has 0 aromatic heterocycles. The molecule has 104 valence electrons. The number of nitrogens with two attached hydrogens (primary N) is 1. The minimum Gasteiger partial charge on any atom is -0.368 e. The quantitative estimate of drug-likeness (QED) is 0.744. The highest BCUT2D eigenvalue weighted by molar-refractivity contribution is 5.87. The lowest BCUT2D eigenvalue weighted by atomic mass is 9.93. The molecule has 0 bridgehead atoms. The van der Waals surface area contributed by atoms with Gasteiger partial charge in [-0.3, -0.25) is 9.59 Å². The van der Waals surface area contributed by atoms with Crippen LogP contribution in [0.1, 0.15) is 33.6 Å². The molecule has 1 aliphatic rings. The predicted octanol–water partition coefficient (Wildman–Crippen LogP) is 0.344. The van der Waals surface area contributed by atoms with Crippen LogP contribution in [0.25, 0.3) is 0 Å². The van der Waals surface area contributed by atoms with Crippen LogP contribution < -0.4 is 11.1 Å². The summed E-state index contributed by atoms with van der Waals surface area (Å²) in [6.07, 6.45) is 1.94. The van der Waals surface area contributed by atoms with Crippen LogP contribution in [0.4, 0.5) is 0 Å². The summed E-state index contributed by atoms with van der Waals surface area (Å²) in [6.45, 7) is 7.67. The van der Waals surface area contributed by atoms with Crippen LogP contribution in [-0.4, -0.2) is 42.4 Å². The van der Waals surface area contributed by atoms with Crippen molar-refractivity contribution in [2.45, 2.75) is 39.7 Å². The molecule has 1 saturated heterocycles. The number of rotatable bonds is 5. The summed E-state index contributed by atoms with van der Waals surface area (Å²) >= 11 is 0. The van der Waals surface area contributed by atoms with Gasteiger partial charge in [0.05, 0.1) is 12.6 Å². The van der Waals surface area contributed by atoms with Crippen molar-refractivity contribution in [1.82, 2.24) is 10.2 Å². The fraction of sp³-hybridized carbons (Fsp3) is 0.846. The van der Waals surface area contributed by atoms with Gasteiger partial charge in [0, 0.05) is 6.54 Å². The van der Waals surface area contributed by atoms with E-state index >= 15 is 0 Å². The zero-order valence-electron chi connectivity index (χ0n) is 11.6. The smallest absolute Gasteiger partial charge is 0.240 e. The molecular weight excluding hydrogens is 230 g/mol. The molecule has 0 aromatic carbocycles. The maximum atomic E-state index is 12.4. The molecule has 0 radical (unpaired) electrons. The topological polar surface area (TPSA) is 75.4 Å². The molecule has 0 aromatic rings. The van der Waals surface area contributed by atoms with Gasteiger partial charge in [0.1, 0.15) is 0 Å². The molecule has 0 aliphatic carbocycles. The van der Waals surface area contributed by atoms with Gasteiger partial charge in [0.15, 0.2) is 0 Å². The van der Waals surface area contributed by atoms with E-state index in [-0.39, 0.29) is 18.5 Å². The average Bonchev–Trinajstić information content (AvgIpc) is 2.26. The average molecular weight is 255 g/mol. The molecule has 0 saturated carbocycles. The van der Waals surface area contributed by atoms with E-state index in [4.69, 9.17) is 5.73 Å². The van der Waals surface area contributed by atoms with E-state index in [0.717, 1.165) is 19.4 Å². The third kappa shape index (κ3) is 4.64. The van der Waals surface area contributed by atoms with Crippen LogP contribution in [0.15, 0.2) is 0 Å². The number of carbonyl (C=O) groups is 2. The van der Waals surface area contributed by atoms with Crippen LogP contribution in [-0.2, 0) is 9.59 Å². The lowest BCUT2D eigenvalue weighted by molar-refractivity contribution is -0.138. The van der Waals surface area contributed by atoms with E-state index in [1.54, 1.807) is 4.90 Å². The second-order valence-corrected chi connectivity index (χ2v) is 5.72. The van der Waals surface area contributed by atoms with Gasteiger partial charge in [0.2, 0.25) is 11.8 Å². The van der Waals surface area contributed by atoms with E-state index < -0.39 is 5.91 Å². The number of primary amides is 1. The lowest BCUT2D eigenvalue weighted by Crippen LogP contribution is -2.52. The van der Waals surface area contributed by atoms with Gasteiger partial charge in [-0.25, -0.2) is 0 Å². The van der Waals surface area contributed by atoms with Crippen LogP contribution in [0.5, 0.6) is 0 Å². The Morgan fingerprint density at radius 3 is 2.61 bits per heavy atom. The molecule has 1 rings (SSSR count). The van der Waals surface area contributed by atoms with Gasteiger partial charge in [-0.05, 0) is 31.2 Å². The minimum atomic E-state index is -0.451. The molecule has 5 heteroatoms. The first-order chi connectivity index (χ1) is 8.40. The minimum absolute atomic E-state index is 0.00838. The number of nitrogens with zero attached hydrogens (tertiary/aromatic N) is 1. The van der Waals surface area contributed by atoms with Crippen molar-refractivity contribution < 1.29 is 9.59 Å². The Hall–Kier alpha value is -1.10. The summed E-state index contributed by atoms with van der Waals surface area (Å²) in [6, 6.07) is -0.160. The van der Waals surface area contributed by atoms with Crippen molar-refractivity contribution in [3.05, 3.63) is 0 Å². The first-order valence-corrected chi connectivity index (χ1v) is 6.70. The summed E-state index contributed by atoms with van der Waals surface area (Å²) < 4.78 is 0. The molecule has 2 atom stereocenters. The summed E-state index contributed by atoms with van der Waals surface area (Å²) in [5.41, 5.74) is 5.21. The number of carbonyl (C=O) groups excluding carboxylic acids is 2. The highest BCUT2D eigenvalue weighted by Crippen LogP contribution is 2.17. The van der Waals surface area contributed by atoms with Gasteiger partial charge < -0.3 is 16.0 Å². The third-order valence-electron chi connectivity index (χ3n) is 3.21. The molecule has 1 heterocycles. The fourth-order valence-electron chi connectivity index (χ4n) is 2.38. The Morgan fingerprint density at radius 2 is 2.11 bits per heavy atom. The first kappa shape index (κ1) is 15.0. The molecule has 2 amide bonds. The van der Waals surface area contributed by atoms with Crippen LogP contribution in [0.3, 0.4) is 0 Å². The zero-order chi connectivity index (χ0) is 13.7. The molecule has 2 unspecified atom stereocenters. The second-order valence-electron chi connectivity index (χ2n) is 5.72. The summed E-state index contributed by atoms with van der Waals surface area (Å²) in [5, 5.41) is 3.23. The van der Waals surface area contributed by atoms with Gasteiger partial charge in [0.25, 0.3) is 0 Å². The van der Waals surface area contributed by atoms with E-state index in [0.29, 0.717) is 18.4 Å². The SMILES string of the molecule is CC(C)CN(CC(N)=O)C(=O)C1CC(C)CCN1. The molecule has 1 fully saturated rings. The lowest BCUT2D eigenvalue weighted by Gasteiger charge is -2.32. The Labute approximate surface area is 109 Å². The van der Waals surface area contributed by atoms with Crippen molar-refractivity contribution in [2.24, 2.45) is 17.6 Å². The Kier molecular flexibility index (Phi) is 5.59. The molecule has 0 spiro atoms. The molecule has 3 N–H and O–H groups in total. The van der Waals surface area contributed by atoms with Crippen molar-refractivity contribution in [1.29, 1.82) is 0 Å². The van der Waals surface area contributed by atoms with E-state index in [1.165, 1.54) is 0 Å². The van der Waals surface area contributed by atoms with Gasteiger partial charge in [-0.15, -0.1) is 0 Å². The summed E-state index contributed by atoms with van der Waals surface area (Å²) in [7, 11) is 0. The Bertz CT molecular complexity index is 305. The van der Waals surface area contributed by atoms with Crippen molar-refractivity contribution in [3.63, 3.8) is 0 Å². The van der Waals surface area contributed by atoms with Crippen LogP contribution in [0, 0.1) is 11.8 Å². The van der Waals surface area contributed by atoms with Crippen LogP contribution >= 0.6 is 0 Å². The third-order valence-corrected chi connectivity index (χ3v) is 3.21. The second kappa shape index (κ2) is 6.73. The van der Waals surface area contributed by atoms with Gasteiger partial charge in [-0.2, -0.15) is 0 Å². The number of hydrogen-bond donors (Lipinski definition) is 2. The van der Waals surface area contributed by atoms with Crippen molar-refractivity contribution in [3.8, 4) is 0 Å². The van der Waals surface area contributed by atoms with Crippen molar-refractivity contribution >= 4 is 11.8 Å². The largest absolute Gasteiger partial charge is 0.368 e. The predicted molar refractivity (Wildman–Crippen MR) is 70.8 cm³/mol. The van der Waals surface area contributed by atoms with E-state index in [1.807, 2.05) is 13.8 Å². The Morgan fingerprint density at radius 1 is 1.44 bits per heavy atom. The monoisotopic (exact) mass is 255 g/mol. The summed E-state index contributed by atoms with van der Waals surface area (Å²) in [4.78, 5) is 25.0. The highest BCUT2D eigenvalue weighted by Gasteiger charge is 2.29. The fourth-order valence-corrected chi connectivity index (χ4v) is 2.38. The van der Waals surface area contributed by atoms with Crippen molar-refractivity contribution in [2.75, 3.05) is 19.6 Å². The number of nitrogens with one attached hydrogen (secondary N) is 1. The maximum absolute atomic E-state index is 12.4. The van der Waals surface area contributed by atoms with Crippen LogP contribution in [0.2, 0.25) is 0 Å². The number of amides is 2. The number of piperidine rings is 1. The van der Waals surface area contributed by atoms with E-state index in [2.05, 4.69) is 12.2 Å². The standard InChI is InChI=1S/C13H25N3O2/c1-9(2)7-16(8-12(14)17)13(18)11-6-10(3)4-5-15-11/h9-11,15H,4-8H2,1-3H3,(H2,14,17). The highest BCUT2D eigenvalue weighted by atomic mass is 16.2. The maximum Gasteiger partial charge on any atom is 0.240 e. The van der Waals surface area contributed by atoms with E-state index in [9.17, 15) is 9.59 Å². The molecule has 18 heavy (non-hydrogen) atoms.